The lowest BCUT2D eigenvalue weighted by Gasteiger charge is -2.27. The van der Waals surface area contributed by atoms with Gasteiger partial charge in [0.1, 0.15) is 0 Å². The third-order valence-electron chi connectivity index (χ3n) is 4.16. The Morgan fingerprint density at radius 3 is 2.00 bits per heavy atom. The second-order valence-corrected chi connectivity index (χ2v) is 7.65. The molecule has 1 saturated heterocycles. The minimum absolute atomic E-state index is 0.177. The third kappa shape index (κ3) is 4.21. The van der Waals surface area contributed by atoms with Gasteiger partial charge in [-0.15, -0.1) is 0 Å². The Labute approximate surface area is 111 Å². The van der Waals surface area contributed by atoms with Gasteiger partial charge < -0.3 is 5.32 Å². The molecule has 2 aliphatic rings. The molecule has 1 heterocycles. The van der Waals surface area contributed by atoms with E-state index in [0.29, 0.717) is 0 Å². The zero-order chi connectivity index (χ0) is 12.8. The SMILES string of the molecule is O=S(=O)(NC1CCCCCCC1)C1CCNCC1. The van der Waals surface area contributed by atoms with Crippen molar-refractivity contribution >= 4 is 10.0 Å². The van der Waals surface area contributed by atoms with Crippen LogP contribution in [-0.2, 0) is 10.0 Å². The van der Waals surface area contributed by atoms with Crippen molar-refractivity contribution in [2.24, 2.45) is 0 Å². The topological polar surface area (TPSA) is 58.2 Å². The number of sulfonamides is 1. The van der Waals surface area contributed by atoms with E-state index in [9.17, 15) is 8.42 Å². The van der Waals surface area contributed by atoms with Crippen LogP contribution in [0.4, 0.5) is 0 Å². The quantitative estimate of drug-likeness (QED) is 0.824. The number of rotatable bonds is 3. The van der Waals surface area contributed by atoms with Crippen LogP contribution in [0.25, 0.3) is 0 Å². The summed E-state index contributed by atoms with van der Waals surface area (Å²) in [5, 5.41) is 3.04. The van der Waals surface area contributed by atoms with Gasteiger partial charge in [-0.25, -0.2) is 13.1 Å². The second-order valence-electron chi connectivity index (χ2n) is 5.65. The Balaban J connectivity index is 1.88. The van der Waals surface area contributed by atoms with E-state index in [-0.39, 0.29) is 11.3 Å². The summed E-state index contributed by atoms with van der Waals surface area (Å²) >= 11 is 0. The highest BCUT2D eigenvalue weighted by Gasteiger charge is 2.29. The molecule has 0 bridgehead atoms. The van der Waals surface area contributed by atoms with Crippen LogP contribution in [0.2, 0.25) is 0 Å². The minimum atomic E-state index is -3.10. The molecular weight excluding hydrogens is 248 g/mol. The molecule has 0 amide bonds. The molecule has 1 saturated carbocycles. The Bertz CT molecular complexity index is 329. The molecule has 0 aromatic rings. The maximum absolute atomic E-state index is 12.3. The predicted molar refractivity (Wildman–Crippen MR) is 74.1 cm³/mol. The fourth-order valence-corrected chi connectivity index (χ4v) is 4.76. The molecule has 4 nitrogen and oxygen atoms in total. The molecule has 2 N–H and O–H groups in total. The summed E-state index contributed by atoms with van der Waals surface area (Å²) in [4.78, 5) is 0. The maximum Gasteiger partial charge on any atom is 0.214 e. The first-order valence-electron chi connectivity index (χ1n) is 7.40. The fourth-order valence-electron chi connectivity index (χ4n) is 3.01. The van der Waals surface area contributed by atoms with Crippen LogP contribution < -0.4 is 10.0 Å². The molecule has 1 aliphatic carbocycles. The lowest BCUT2D eigenvalue weighted by atomic mass is 9.97. The zero-order valence-corrected chi connectivity index (χ0v) is 12.0. The van der Waals surface area contributed by atoms with Crippen molar-refractivity contribution in [3.8, 4) is 0 Å². The second kappa shape index (κ2) is 6.87. The zero-order valence-electron chi connectivity index (χ0n) is 11.2. The van der Waals surface area contributed by atoms with Crippen molar-refractivity contribution < 1.29 is 8.42 Å². The number of hydrogen-bond donors (Lipinski definition) is 2. The van der Waals surface area contributed by atoms with Crippen LogP contribution >= 0.6 is 0 Å². The monoisotopic (exact) mass is 274 g/mol. The van der Waals surface area contributed by atoms with E-state index in [0.717, 1.165) is 38.8 Å². The van der Waals surface area contributed by atoms with Gasteiger partial charge in [0.05, 0.1) is 5.25 Å². The molecular formula is C13H26N2O2S. The van der Waals surface area contributed by atoms with Gasteiger partial charge in [0.25, 0.3) is 0 Å². The molecule has 5 heteroatoms. The number of nitrogens with one attached hydrogen (secondary N) is 2. The van der Waals surface area contributed by atoms with Crippen LogP contribution in [-0.4, -0.2) is 32.8 Å². The van der Waals surface area contributed by atoms with E-state index >= 15 is 0 Å². The molecule has 0 aromatic carbocycles. The Hall–Kier alpha value is -0.130. The Morgan fingerprint density at radius 2 is 1.39 bits per heavy atom. The third-order valence-corrected chi connectivity index (χ3v) is 6.17. The van der Waals surface area contributed by atoms with Crippen molar-refractivity contribution in [1.29, 1.82) is 0 Å². The lowest BCUT2D eigenvalue weighted by Crippen LogP contribution is -2.45. The van der Waals surface area contributed by atoms with Crippen molar-refractivity contribution in [2.75, 3.05) is 13.1 Å². The Kier molecular flexibility index (Phi) is 5.45. The molecule has 0 aromatic heterocycles. The van der Waals surface area contributed by atoms with Crippen molar-refractivity contribution in [2.45, 2.75) is 69.1 Å². The van der Waals surface area contributed by atoms with Crippen LogP contribution in [0, 0.1) is 0 Å². The van der Waals surface area contributed by atoms with Gasteiger partial charge in [-0.1, -0.05) is 32.1 Å². The van der Waals surface area contributed by atoms with E-state index in [1.807, 2.05) is 0 Å². The van der Waals surface area contributed by atoms with E-state index in [2.05, 4.69) is 10.0 Å². The van der Waals surface area contributed by atoms with E-state index in [1.54, 1.807) is 0 Å². The molecule has 0 atom stereocenters. The average molecular weight is 274 g/mol. The molecule has 0 spiro atoms. The maximum atomic E-state index is 12.3. The first kappa shape index (κ1) is 14.3. The molecule has 18 heavy (non-hydrogen) atoms. The highest BCUT2D eigenvalue weighted by Crippen LogP contribution is 2.20. The molecule has 2 rings (SSSR count). The summed E-state index contributed by atoms with van der Waals surface area (Å²) in [6.07, 6.45) is 9.70. The minimum Gasteiger partial charge on any atom is -0.317 e. The highest BCUT2D eigenvalue weighted by molar-refractivity contribution is 7.90. The molecule has 0 radical (unpaired) electrons. The predicted octanol–water partition coefficient (Wildman–Crippen LogP) is 1.77. The van der Waals surface area contributed by atoms with Crippen molar-refractivity contribution in [3.05, 3.63) is 0 Å². The van der Waals surface area contributed by atoms with Crippen LogP contribution in [0.5, 0.6) is 0 Å². The summed E-state index contributed by atoms with van der Waals surface area (Å²) < 4.78 is 27.6. The van der Waals surface area contributed by atoms with Crippen LogP contribution in [0.15, 0.2) is 0 Å². The summed E-state index contributed by atoms with van der Waals surface area (Å²) in [6.45, 7) is 1.66. The first-order chi connectivity index (χ1) is 8.68. The van der Waals surface area contributed by atoms with E-state index in [1.165, 1.54) is 32.1 Å². The first-order valence-corrected chi connectivity index (χ1v) is 8.95. The van der Waals surface area contributed by atoms with Gasteiger partial charge in [0.2, 0.25) is 10.0 Å². The van der Waals surface area contributed by atoms with Crippen molar-refractivity contribution in [1.82, 2.24) is 10.0 Å². The summed E-state index contributed by atoms with van der Waals surface area (Å²) in [5.74, 6) is 0. The van der Waals surface area contributed by atoms with Crippen molar-refractivity contribution in [3.63, 3.8) is 0 Å². The van der Waals surface area contributed by atoms with E-state index < -0.39 is 10.0 Å². The highest BCUT2D eigenvalue weighted by atomic mass is 32.2. The standard InChI is InChI=1S/C13H26N2O2S/c16-18(17,13-8-10-14-11-9-13)15-12-6-4-2-1-3-5-7-12/h12-15H,1-11H2. The smallest absolute Gasteiger partial charge is 0.214 e. The molecule has 2 fully saturated rings. The van der Waals surface area contributed by atoms with Gasteiger partial charge in [-0.05, 0) is 38.8 Å². The molecule has 0 unspecified atom stereocenters. The Morgan fingerprint density at radius 1 is 0.833 bits per heavy atom. The number of piperidine rings is 1. The summed E-state index contributed by atoms with van der Waals surface area (Å²) in [5.41, 5.74) is 0. The summed E-state index contributed by atoms with van der Waals surface area (Å²) in [6, 6.07) is 0.185. The molecule has 1 aliphatic heterocycles. The van der Waals surface area contributed by atoms with E-state index in [4.69, 9.17) is 0 Å². The van der Waals surface area contributed by atoms with Gasteiger partial charge >= 0.3 is 0 Å². The normalized spacial score (nSPS) is 25.6. The largest absolute Gasteiger partial charge is 0.317 e. The lowest BCUT2D eigenvalue weighted by molar-refractivity contribution is 0.418. The van der Waals surface area contributed by atoms with Gasteiger partial charge in [-0.3, -0.25) is 0 Å². The summed E-state index contributed by atoms with van der Waals surface area (Å²) in [7, 11) is -3.10. The number of hydrogen-bond acceptors (Lipinski definition) is 3. The van der Waals surface area contributed by atoms with Gasteiger partial charge in [0.15, 0.2) is 0 Å². The fraction of sp³-hybridized carbons (Fsp3) is 1.00. The van der Waals surface area contributed by atoms with Gasteiger partial charge in [0, 0.05) is 6.04 Å². The van der Waals surface area contributed by atoms with Crippen LogP contribution in [0.3, 0.4) is 0 Å². The molecule has 106 valence electrons. The van der Waals surface area contributed by atoms with Crippen LogP contribution in [0.1, 0.15) is 57.8 Å². The average Bonchev–Trinajstić information content (AvgIpc) is 2.34. The van der Waals surface area contributed by atoms with Gasteiger partial charge in [-0.2, -0.15) is 0 Å².